The minimum Gasteiger partial charge on any atom is -0.481 e. The molecule has 0 fully saturated rings. The van der Waals surface area contributed by atoms with Gasteiger partial charge in [-0.25, -0.2) is 0 Å². The van der Waals surface area contributed by atoms with Crippen LogP contribution in [0.3, 0.4) is 0 Å². The molecular weight excluding hydrogens is 1410 g/mol. The molecule has 1 aromatic carbocycles. The van der Waals surface area contributed by atoms with E-state index in [4.69, 9.17) is 28.7 Å². The summed E-state index contributed by atoms with van der Waals surface area (Å²) in [4.78, 5) is 220. The molecule has 2 aromatic rings. The second-order valence-corrected chi connectivity index (χ2v) is 29.6. The SMILES string of the molecule is CC[C@H](C)[C@H](N)C(=O)N[C@@H](CC(N)=O)C(=O)N[C@@H](Cc1c[nH]c2ccccc12)C(=O)N[C@@H](C)C(=O)N[C@@H](CCCCN)C(=O)N[C@@H](CC(C)C)C(=O)NCC(=O)N[C@@H](CCCCN)C(=O)N[C@@H](CC(C)C)C(=O)N[C@@H](C)C(=O)N[C@@H](CC(C)C)C(=O)N[C@@H](CCC(=O)O)C(=O)N[C@@H](C)C(=O)N[C@@H](CC(C)C)C(N)=O. The number of unbranched alkanes of at least 4 members (excludes halogenated alkanes) is 2. The van der Waals surface area contributed by atoms with Crippen LogP contribution in [0.1, 0.15) is 185 Å². The van der Waals surface area contributed by atoms with Crippen LogP contribution in [0.15, 0.2) is 30.5 Å². The van der Waals surface area contributed by atoms with Gasteiger partial charge < -0.3 is 108 Å². The van der Waals surface area contributed by atoms with Crippen LogP contribution in [0.2, 0.25) is 0 Å². The largest absolute Gasteiger partial charge is 0.481 e. The molecule has 15 amide bonds. The number of carbonyl (C=O) groups excluding carboxylic acids is 15. The molecule has 0 radical (unpaired) electrons. The number of H-pyrrole nitrogens is 1. The van der Waals surface area contributed by atoms with E-state index in [1.807, 2.05) is 20.8 Å². The third kappa shape index (κ3) is 35.4. The summed E-state index contributed by atoms with van der Waals surface area (Å²) < 4.78 is 0. The maximum absolute atomic E-state index is 14.3. The van der Waals surface area contributed by atoms with Gasteiger partial charge in [-0.2, -0.15) is 0 Å². The Kier molecular flexibility index (Phi) is 42.4. The molecule has 0 bridgehead atoms. The lowest BCUT2D eigenvalue weighted by molar-refractivity contribution is -0.138. The van der Waals surface area contributed by atoms with Gasteiger partial charge in [0.05, 0.1) is 19.0 Å². The van der Waals surface area contributed by atoms with E-state index in [9.17, 15) is 81.8 Å². The highest BCUT2D eigenvalue weighted by atomic mass is 16.4. The Hall–Kier alpha value is -9.84. The molecule has 25 N–H and O–H groups in total. The Bertz CT molecular complexity index is 3400. The van der Waals surface area contributed by atoms with Crippen molar-refractivity contribution in [3.63, 3.8) is 0 Å². The number of carbonyl (C=O) groups is 16. The van der Waals surface area contributed by atoms with Gasteiger partial charge in [0.2, 0.25) is 88.6 Å². The van der Waals surface area contributed by atoms with E-state index in [0.717, 1.165) is 0 Å². The summed E-state index contributed by atoms with van der Waals surface area (Å²) in [6, 6.07) is -10.1. The number of aromatic nitrogens is 1. The first kappa shape index (κ1) is 95.2. The fraction of sp³-hybridized carbons (Fsp3) is 0.671. The number of rotatable bonds is 52. The molecule has 1 heterocycles. The van der Waals surface area contributed by atoms with Gasteiger partial charge in [-0.1, -0.05) is 93.9 Å². The van der Waals surface area contributed by atoms with E-state index in [-0.39, 0.29) is 87.6 Å². The lowest BCUT2D eigenvalue weighted by Gasteiger charge is -2.27. The van der Waals surface area contributed by atoms with E-state index in [1.54, 1.807) is 78.9 Å². The molecule has 0 aliphatic rings. The van der Waals surface area contributed by atoms with Crippen LogP contribution in [-0.2, 0) is 83.1 Å². The third-order valence-corrected chi connectivity index (χ3v) is 17.9. The third-order valence-electron chi connectivity index (χ3n) is 17.9. The van der Waals surface area contributed by atoms with Crippen molar-refractivity contribution in [2.24, 2.45) is 58.3 Å². The number of fused-ring (bicyclic) bond motifs is 1. The number of aliphatic carboxylic acids is 1. The quantitative estimate of drug-likeness (QED) is 0.0311. The van der Waals surface area contributed by atoms with Gasteiger partial charge in [0.1, 0.15) is 72.5 Å². The second-order valence-electron chi connectivity index (χ2n) is 29.6. The normalized spacial score (nSPS) is 15.2. The standard InChI is InChI=1S/C73H123N19O17/c1-14-41(10)60(77)73(109)92-56(34-57(76)93)72(108)91-55(33-45-35-79-47-22-16-15-21-46(45)47)70(106)83-42(11)62(98)85-49(24-18-20-28-75)68(104)89-52(30-38(4)5)65(101)80-36-58(94)84-48(23-17-19-27-74)67(103)90-53(31-39(6)7)69(105)82-44(13)64(100)88-54(32-40(8)9)71(107)86-50(25-26-59(95)96)66(102)81-43(12)63(99)87-51(61(78)97)29-37(2)3/h15-16,21-22,35,37-44,48-56,60,79H,14,17-20,23-34,36,74-75,77H2,1-13H3,(H2,76,93)(H2,78,97)(H,80,101)(H,81,102)(H,82,105)(H,83,106)(H,84,94)(H,85,98)(H,86,107)(H,87,99)(H,88,100)(H,89,104)(H,90,103)(H,91,108)(H,92,109)(H,95,96)/t41-,42-,43-,44-,48-,49-,50-,51-,52-,53-,54-,55-,56-,60-/m0/s1. The first-order valence-corrected chi connectivity index (χ1v) is 37.5. The molecule has 0 saturated heterocycles. The zero-order chi connectivity index (χ0) is 82.5. The van der Waals surface area contributed by atoms with Crippen molar-refractivity contribution in [1.29, 1.82) is 0 Å². The van der Waals surface area contributed by atoms with Crippen molar-refractivity contribution >= 4 is 105 Å². The van der Waals surface area contributed by atoms with Crippen LogP contribution in [0.5, 0.6) is 0 Å². The fourth-order valence-electron chi connectivity index (χ4n) is 11.5. The summed E-state index contributed by atoms with van der Waals surface area (Å²) in [5.74, 6) is -15.1. The number of amides is 15. The molecule has 14 atom stereocenters. The maximum Gasteiger partial charge on any atom is 0.303 e. The minimum atomic E-state index is -1.55. The van der Waals surface area contributed by atoms with Crippen LogP contribution in [0, 0.1) is 29.6 Å². The number of hydrogen-bond donors (Lipinski definition) is 20. The highest BCUT2D eigenvalue weighted by Gasteiger charge is 2.37. The number of carboxylic acids is 1. The van der Waals surface area contributed by atoms with Gasteiger partial charge in [-0.3, -0.25) is 76.7 Å². The first-order valence-electron chi connectivity index (χ1n) is 37.5. The molecule has 109 heavy (non-hydrogen) atoms. The predicted octanol–water partition coefficient (Wildman–Crippen LogP) is -2.25. The summed E-state index contributed by atoms with van der Waals surface area (Å²) in [5.41, 5.74) is 30.0. The smallest absolute Gasteiger partial charge is 0.303 e. The Morgan fingerprint density at radius 1 is 0.422 bits per heavy atom. The summed E-state index contributed by atoms with van der Waals surface area (Å²) >= 11 is 0. The number of nitrogens with one attached hydrogen (secondary N) is 14. The summed E-state index contributed by atoms with van der Waals surface area (Å²) in [5, 5.41) is 43.6. The van der Waals surface area contributed by atoms with Crippen molar-refractivity contribution in [3.05, 3.63) is 36.0 Å². The van der Waals surface area contributed by atoms with Gasteiger partial charge >= 0.3 is 5.97 Å². The Morgan fingerprint density at radius 2 is 0.789 bits per heavy atom. The van der Waals surface area contributed by atoms with Crippen molar-refractivity contribution < 1.29 is 81.8 Å². The lowest BCUT2D eigenvalue weighted by Crippen LogP contribution is -2.60. The number of carboxylic acid groups (broad SMARTS) is 1. The van der Waals surface area contributed by atoms with Gasteiger partial charge in [0.15, 0.2) is 0 Å². The Balaban J connectivity index is 2.33. The number of benzene rings is 1. The van der Waals surface area contributed by atoms with Crippen molar-refractivity contribution in [2.45, 2.75) is 265 Å². The van der Waals surface area contributed by atoms with Crippen LogP contribution in [-0.4, -0.2) is 203 Å². The number of hydrogen-bond acceptors (Lipinski definition) is 19. The monoisotopic (exact) mass is 1540 g/mol. The first-order chi connectivity index (χ1) is 51.1. The molecule has 36 heteroatoms. The molecule has 0 spiro atoms. The zero-order valence-corrected chi connectivity index (χ0v) is 65.4. The van der Waals surface area contributed by atoms with Gasteiger partial charge in [-0.15, -0.1) is 0 Å². The molecule has 0 unspecified atom stereocenters. The summed E-state index contributed by atoms with van der Waals surface area (Å²) in [6.07, 6.45) is 2.13. The molecular formula is C73H123N19O17. The number of primary amides is 2. The molecule has 0 aliphatic carbocycles. The average Bonchev–Trinajstić information content (AvgIpc) is 1.71. The van der Waals surface area contributed by atoms with E-state index < -0.39 is 199 Å². The van der Waals surface area contributed by atoms with Crippen molar-refractivity contribution in [2.75, 3.05) is 19.6 Å². The maximum atomic E-state index is 14.3. The van der Waals surface area contributed by atoms with E-state index in [2.05, 4.69) is 74.1 Å². The van der Waals surface area contributed by atoms with Crippen LogP contribution < -0.4 is 97.8 Å². The summed E-state index contributed by atoms with van der Waals surface area (Å²) in [7, 11) is 0. The zero-order valence-electron chi connectivity index (χ0n) is 65.4. The van der Waals surface area contributed by atoms with E-state index in [0.29, 0.717) is 48.6 Å². The van der Waals surface area contributed by atoms with Crippen LogP contribution in [0.25, 0.3) is 10.9 Å². The minimum absolute atomic E-state index is 0.00449. The van der Waals surface area contributed by atoms with Gasteiger partial charge in [0.25, 0.3) is 0 Å². The Labute approximate surface area is 637 Å². The van der Waals surface area contributed by atoms with Crippen LogP contribution in [0.4, 0.5) is 0 Å². The predicted molar refractivity (Wildman–Crippen MR) is 406 cm³/mol. The lowest BCUT2D eigenvalue weighted by atomic mass is 9.98. The number of aromatic amines is 1. The molecule has 2 rings (SSSR count). The van der Waals surface area contributed by atoms with E-state index in [1.165, 1.54) is 20.8 Å². The number of para-hydroxylation sites is 1. The van der Waals surface area contributed by atoms with Crippen molar-refractivity contribution in [1.82, 2.24) is 74.1 Å². The molecule has 612 valence electrons. The molecule has 0 aliphatic heterocycles. The van der Waals surface area contributed by atoms with Gasteiger partial charge in [0, 0.05) is 29.9 Å². The van der Waals surface area contributed by atoms with Crippen LogP contribution >= 0.6 is 0 Å². The topological polar surface area (TPSA) is 596 Å². The summed E-state index contributed by atoms with van der Waals surface area (Å²) in [6.45, 7) is 21.5. The van der Waals surface area contributed by atoms with Crippen molar-refractivity contribution in [3.8, 4) is 0 Å². The molecule has 0 saturated carbocycles. The average molecular weight is 1540 g/mol. The second kappa shape index (κ2) is 48.5. The highest BCUT2D eigenvalue weighted by Crippen LogP contribution is 2.21. The Morgan fingerprint density at radius 3 is 1.25 bits per heavy atom. The number of nitrogens with two attached hydrogens (primary N) is 5. The molecule has 1 aromatic heterocycles. The van der Waals surface area contributed by atoms with E-state index >= 15 is 0 Å². The van der Waals surface area contributed by atoms with Gasteiger partial charge in [-0.05, 0) is 146 Å². The molecule has 36 nitrogen and oxygen atoms in total. The fourth-order valence-corrected chi connectivity index (χ4v) is 11.5. The highest BCUT2D eigenvalue weighted by molar-refractivity contribution is 6.01.